The fourth-order valence-electron chi connectivity index (χ4n) is 3.34. The number of hydrogen-bond donors (Lipinski definition) is 2. The summed E-state index contributed by atoms with van der Waals surface area (Å²) in [5.41, 5.74) is 4.87. The fraction of sp³-hybridized carbons (Fsp3) is 1.00. The molecule has 0 amide bonds. The predicted molar refractivity (Wildman–Crippen MR) is 61.6 cm³/mol. The van der Waals surface area contributed by atoms with Crippen LogP contribution in [0.1, 0.15) is 39.5 Å². The third-order valence-corrected chi connectivity index (χ3v) is 4.19. The van der Waals surface area contributed by atoms with Crippen LogP contribution in [0.5, 0.6) is 0 Å². The van der Waals surface area contributed by atoms with Crippen molar-refractivity contribution >= 4 is 0 Å². The highest BCUT2D eigenvalue weighted by Gasteiger charge is 2.40. The van der Waals surface area contributed by atoms with Crippen LogP contribution in [0.15, 0.2) is 0 Å². The van der Waals surface area contributed by atoms with Gasteiger partial charge in [0, 0.05) is 25.2 Å². The lowest BCUT2D eigenvalue weighted by Gasteiger charge is -2.36. The number of aliphatic hydroxyl groups is 1. The molecule has 88 valence electrons. The fourth-order valence-corrected chi connectivity index (χ4v) is 3.34. The molecular weight excluding hydrogens is 188 g/mol. The maximum atomic E-state index is 9.97. The Morgan fingerprint density at radius 3 is 2.73 bits per heavy atom. The number of piperidine rings is 1. The monoisotopic (exact) mass is 212 g/mol. The first-order chi connectivity index (χ1) is 7.02. The molecule has 3 heteroatoms. The minimum Gasteiger partial charge on any atom is -0.389 e. The lowest BCUT2D eigenvalue weighted by molar-refractivity contribution is 0.0218. The van der Waals surface area contributed by atoms with Crippen molar-refractivity contribution in [3.05, 3.63) is 0 Å². The Morgan fingerprint density at radius 1 is 1.53 bits per heavy atom. The van der Waals surface area contributed by atoms with Crippen LogP contribution in [0.25, 0.3) is 0 Å². The van der Waals surface area contributed by atoms with E-state index in [1.807, 2.05) is 6.92 Å². The van der Waals surface area contributed by atoms with E-state index in [0.29, 0.717) is 12.6 Å². The summed E-state index contributed by atoms with van der Waals surface area (Å²) in [5, 5.41) is 9.97. The normalized spacial score (nSPS) is 36.8. The van der Waals surface area contributed by atoms with Gasteiger partial charge in [-0.3, -0.25) is 4.90 Å². The van der Waals surface area contributed by atoms with E-state index in [1.54, 1.807) is 0 Å². The summed E-state index contributed by atoms with van der Waals surface area (Å²) >= 11 is 0. The molecule has 0 aromatic carbocycles. The molecule has 2 bridgehead atoms. The summed E-state index contributed by atoms with van der Waals surface area (Å²) in [6.07, 6.45) is 4.96. The Balaban J connectivity index is 1.89. The number of nitrogens with zero attached hydrogens (tertiary/aromatic N) is 1. The highest BCUT2D eigenvalue weighted by atomic mass is 16.3. The standard InChI is InChI=1S/C12H24N2O/c1-9(6-12(2,15)8-13)14-7-10-3-4-11(14)5-10/h9-11,15H,3-8,13H2,1-2H3. The smallest absolute Gasteiger partial charge is 0.0756 e. The van der Waals surface area contributed by atoms with Crippen LogP contribution in [-0.2, 0) is 0 Å². The molecule has 0 spiro atoms. The SMILES string of the molecule is CC(CC(C)(O)CN)N1CC2CCC1C2. The molecule has 3 nitrogen and oxygen atoms in total. The zero-order valence-corrected chi connectivity index (χ0v) is 9.95. The Bertz CT molecular complexity index is 230. The van der Waals surface area contributed by atoms with Crippen molar-refractivity contribution in [2.45, 2.75) is 57.2 Å². The highest BCUT2D eigenvalue weighted by molar-refractivity contribution is 4.95. The average molecular weight is 212 g/mol. The van der Waals surface area contributed by atoms with Gasteiger partial charge >= 0.3 is 0 Å². The largest absolute Gasteiger partial charge is 0.389 e. The molecule has 1 heterocycles. The van der Waals surface area contributed by atoms with Crippen molar-refractivity contribution in [1.29, 1.82) is 0 Å². The molecule has 2 rings (SSSR count). The summed E-state index contributed by atoms with van der Waals surface area (Å²) in [7, 11) is 0. The lowest BCUT2D eigenvalue weighted by atomic mass is 9.96. The van der Waals surface area contributed by atoms with Crippen LogP contribution in [0.2, 0.25) is 0 Å². The first-order valence-corrected chi connectivity index (χ1v) is 6.20. The van der Waals surface area contributed by atoms with E-state index in [2.05, 4.69) is 11.8 Å². The van der Waals surface area contributed by atoms with Crippen molar-refractivity contribution in [2.24, 2.45) is 11.7 Å². The maximum absolute atomic E-state index is 9.97. The van der Waals surface area contributed by atoms with Crippen LogP contribution >= 0.6 is 0 Å². The van der Waals surface area contributed by atoms with Crippen LogP contribution in [0.3, 0.4) is 0 Å². The summed E-state index contributed by atoms with van der Waals surface area (Å²) in [4.78, 5) is 2.58. The summed E-state index contributed by atoms with van der Waals surface area (Å²) in [6.45, 7) is 5.68. The van der Waals surface area contributed by atoms with Crippen LogP contribution in [0.4, 0.5) is 0 Å². The maximum Gasteiger partial charge on any atom is 0.0756 e. The van der Waals surface area contributed by atoms with E-state index in [1.165, 1.54) is 25.8 Å². The van der Waals surface area contributed by atoms with E-state index < -0.39 is 5.60 Å². The Kier molecular flexibility index (Phi) is 3.06. The van der Waals surface area contributed by atoms with Crippen LogP contribution < -0.4 is 5.73 Å². The molecule has 1 saturated heterocycles. The molecule has 4 unspecified atom stereocenters. The van der Waals surface area contributed by atoms with E-state index in [4.69, 9.17) is 5.73 Å². The van der Waals surface area contributed by atoms with Gasteiger partial charge in [-0.05, 0) is 45.4 Å². The number of fused-ring (bicyclic) bond motifs is 2. The molecule has 15 heavy (non-hydrogen) atoms. The predicted octanol–water partition coefficient (Wildman–Crippen LogP) is 0.959. The number of likely N-dealkylation sites (tertiary alicyclic amines) is 1. The molecule has 0 radical (unpaired) electrons. The second-order valence-corrected chi connectivity index (χ2v) is 5.78. The zero-order valence-electron chi connectivity index (χ0n) is 9.95. The highest BCUT2D eigenvalue weighted by Crippen LogP contribution is 2.39. The van der Waals surface area contributed by atoms with Gasteiger partial charge in [-0.2, -0.15) is 0 Å². The molecule has 1 aliphatic carbocycles. The molecule has 4 atom stereocenters. The molecule has 3 N–H and O–H groups in total. The second kappa shape index (κ2) is 4.04. The van der Waals surface area contributed by atoms with E-state index in [9.17, 15) is 5.11 Å². The van der Waals surface area contributed by atoms with E-state index >= 15 is 0 Å². The molecule has 2 fully saturated rings. The first-order valence-electron chi connectivity index (χ1n) is 6.20. The average Bonchev–Trinajstić information content (AvgIpc) is 2.78. The van der Waals surface area contributed by atoms with Gasteiger partial charge in [-0.15, -0.1) is 0 Å². The Hall–Kier alpha value is -0.120. The topological polar surface area (TPSA) is 49.5 Å². The van der Waals surface area contributed by atoms with Gasteiger partial charge in [0.05, 0.1) is 5.60 Å². The molecule has 2 aliphatic rings. The molecule has 0 aromatic heterocycles. The number of nitrogens with two attached hydrogens (primary N) is 1. The summed E-state index contributed by atoms with van der Waals surface area (Å²) in [5.74, 6) is 0.931. The number of rotatable bonds is 4. The molecule has 1 aliphatic heterocycles. The van der Waals surface area contributed by atoms with Gasteiger partial charge < -0.3 is 10.8 Å². The Morgan fingerprint density at radius 2 is 2.27 bits per heavy atom. The lowest BCUT2D eigenvalue weighted by Crippen LogP contribution is -2.46. The van der Waals surface area contributed by atoms with Gasteiger partial charge in [-0.25, -0.2) is 0 Å². The van der Waals surface area contributed by atoms with Crippen LogP contribution in [-0.4, -0.2) is 40.8 Å². The summed E-state index contributed by atoms with van der Waals surface area (Å²) < 4.78 is 0. The van der Waals surface area contributed by atoms with Crippen molar-refractivity contribution in [1.82, 2.24) is 4.90 Å². The third-order valence-electron chi connectivity index (χ3n) is 4.19. The molecular formula is C12H24N2O. The van der Waals surface area contributed by atoms with E-state index in [-0.39, 0.29) is 0 Å². The van der Waals surface area contributed by atoms with Gasteiger partial charge in [-0.1, -0.05) is 0 Å². The summed E-state index contributed by atoms with van der Waals surface area (Å²) in [6, 6.07) is 1.26. The second-order valence-electron chi connectivity index (χ2n) is 5.78. The van der Waals surface area contributed by atoms with Gasteiger partial charge in [0.2, 0.25) is 0 Å². The minimum atomic E-state index is -0.693. The van der Waals surface area contributed by atoms with E-state index in [0.717, 1.165) is 18.4 Å². The van der Waals surface area contributed by atoms with Gasteiger partial charge in [0.15, 0.2) is 0 Å². The quantitative estimate of drug-likeness (QED) is 0.730. The minimum absolute atomic E-state index is 0.360. The first kappa shape index (κ1) is 11.4. The molecule has 1 saturated carbocycles. The van der Waals surface area contributed by atoms with Gasteiger partial charge in [0.1, 0.15) is 0 Å². The van der Waals surface area contributed by atoms with Crippen LogP contribution in [0, 0.1) is 5.92 Å². The van der Waals surface area contributed by atoms with Crippen molar-refractivity contribution in [3.63, 3.8) is 0 Å². The van der Waals surface area contributed by atoms with Crippen molar-refractivity contribution in [3.8, 4) is 0 Å². The van der Waals surface area contributed by atoms with Gasteiger partial charge in [0.25, 0.3) is 0 Å². The zero-order chi connectivity index (χ0) is 11.1. The van der Waals surface area contributed by atoms with Crippen molar-refractivity contribution < 1.29 is 5.11 Å². The van der Waals surface area contributed by atoms with Crippen molar-refractivity contribution in [2.75, 3.05) is 13.1 Å². The third kappa shape index (κ3) is 2.35. The molecule has 0 aromatic rings. The number of hydrogen-bond acceptors (Lipinski definition) is 3. The Labute approximate surface area is 92.6 Å².